The third-order valence-corrected chi connectivity index (χ3v) is 2.63. The topological polar surface area (TPSA) is 32.7 Å². The van der Waals surface area contributed by atoms with Crippen molar-refractivity contribution in [2.24, 2.45) is 4.99 Å². The van der Waals surface area contributed by atoms with E-state index in [0.29, 0.717) is 11.9 Å². The lowest BCUT2D eigenvalue weighted by atomic mass is 10.1. The van der Waals surface area contributed by atoms with Crippen molar-refractivity contribution < 1.29 is 4.79 Å². The van der Waals surface area contributed by atoms with Gasteiger partial charge in [0.25, 0.3) is 0 Å². The Morgan fingerprint density at radius 2 is 2.50 bits per heavy atom. The molecule has 2 heterocycles. The zero-order valence-electron chi connectivity index (χ0n) is 7.20. The molecule has 1 saturated heterocycles. The smallest absolute Gasteiger partial charge is 0.222 e. The van der Waals surface area contributed by atoms with E-state index in [1.54, 1.807) is 0 Å². The third-order valence-electron chi connectivity index (χ3n) is 2.63. The van der Waals surface area contributed by atoms with Crippen LogP contribution in [0.2, 0.25) is 0 Å². The van der Waals surface area contributed by atoms with Gasteiger partial charge >= 0.3 is 0 Å². The quantitative estimate of drug-likeness (QED) is 0.568. The number of hydrogen-bond donors (Lipinski definition) is 0. The molecule has 1 amide bonds. The maximum Gasteiger partial charge on any atom is 0.222 e. The summed E-state index contributed by atoms with van der Waals surface area (Å²) in [5.74, 6) is 0.331. The normalized spacial score (nSPS) is 29.8. The summed E-state index contributed by atoms with van der Waals surface area (Å²) >= 11 is 0. The lowest BCUT2D eigenvalue weighted by molar-refractivity contribution is -0.129. The highest BCUT2D eigenvalue weighted by atomic mass is 16.2. The van der Waals surface area contributed by atoms with Gasteiger partial charge in [-0.2, -0.15) is 0 Å². The van der Waals surface area contributed by atoms with E-state index in [9.17, 15) is 4.79 Å². The fraction of sp³-hybridized carbons (Fsp3) is 0.778. The van der Waals surface area contributed by atoms with Gasteiger partial charge in [-0.25, -0.2) is 0 Å². The van der Waals surface area contributed by atoms with Gasteiger partial charge < -0.3 is 4.90 Å². The summed E-state index contributed by atoms with van der Waals surface area (Å²) in [7, 11) is 0. The molecule has 0 aliphatic carbocycles. The molecule has 3 heteroatoms. The van der Waals surface area contributed by atoms with Gasteiger partial charge in [0.2, 0.25) is 5.91 Å². The SMILES string of the molecule is O=C1CCCN1[C@H]1CCC=NC1. The van der Waals surface area contributed by atoms with E-state index in [4.69, 9.17) is 0 Å². The van der Waals surface area contributed by atoms with Gasteiger partial charge in [0.1, 0.15) is 0 Å². The van der Waals surface area contributed by atoms with E-state index in [1.165, 1.54) is 0 Å². The van der Waals surface area contributed by atoms with Crippen molar-refractivity contribution in [2.75, 3.05) is 13.1 Å². The Labute approximate surface area is 72.5 Å². The molecule has 3 nitrogen and oxygen atoms in total. The van der Waals surface area contributed by atoms with E-state index in [1.807, 2.05) is 11.1 Å². The predicted octanol–water partition coefficient (Wildman–Crippen LogP) is 0.842. The molecule has 0 unspecified atom stereocenters. The molecule has 0 aromatic carbocycles. The fourth-order valence-electron chi connectivity index (χ4n) is 1.96. The van der Waals surface area contributed by atoms with Gasteiger partial charge in [-0.3, -0.25) is 9.79 Å². The van der Waals surface area contributed by atoms with Crippen LogP contribution in [0.3, 0.4) is 0 Å². The van der Waals surface area contributed by atoms with Gasteiger partial charge in [0.05, 0.1) is 12.6 Å². The minimum Gasteiger partial charge on any atom is -0.338 e. The summed E-state index contributed by atoms with van der Waals surface area (Å²) in [5.41, 5.74) is 0. The van der Waals surface area contributed by atoms with Crippen LogP contribution in [0.15, 0.2) is 4.99 Å². The number of amides is 1. The van der Waals surface area contributed by atoms with Crippen molar-refractivity contribution in [3.63, 3.8) is 0 Å². The molecule has 0 saturated carbocycles. The van der Waals surface area contributed by atoms with Crippen LogP contribution in [0.4, 0.5) is 0 Å². The van der Waals surface area contributed by atoms with Crippen molar-refractivity contribution in [2.45, 2.75) is 31.7 Å². The lowest BCUT2D eigenvalue weighted by Gasteiger charge is -2.27. The van der Waals surface area contributed by atoms with Gasteiger partial charge in [-0.15, -0.1) is 0 Å². The van der Waals surface area contributed by atoms with Crippen LogP contribution in [-0.2, 0) is 4.79 Å². The molecule has 0 bridgehead atoms. The molecule has 0 spiro atoms. The Morgan fingerprint density at radius 3 is 3.08 bits per heavy atom. The first-order chi connectivity index (χ1) is 5.88. The van der Waals surface area contributed by atoms with E-state index < -0.39 is 0 Å². The molecular formula is C9H14N2O. The lowest BCUT2D eigenvalue weighted by Crippen LogP contribution is -2.39. The molecule has 2 rings (SSSR count). The molecule has 2 aliphatic rings. The number of aliphatic imine (C=N–C) groups is 1. The summed E-state index contributed by atoms with van der Waals surface area (Å²) in [4.78, 5) is 17.6. The van der Waals surface area contributed by atoms with Crippen LogP contribution in [-0.4, -0.2) is 36.2 Å². The van der Waals surface area contributed by atoms with Crippen LogP contribution in [0.1, 0.15) is 25.7 Å². The number of likely N-dealkylation sites (tertiary alicyclic amines) is 1. The molecular weight excluding hydrogens is 152 g/mol. The highest BCUT2D eigenvalue weighted by molar-refractivity contribution is 5.78. The van der Waals surface area contributed by atoms with Crippen LogP contribution in [0.5, 0.6) is 0 Å². The molecule has 66 valence electrons. The van der Waals surface area contributed by atoms with Gasteiger partial charge in [0.15, 0.2) is 0 Å². The Balaban J connectivity index is 1.99. The first kappa shape index (κ1) is 7.77. The minimum absolute atomic E-state index is 0.331. The number of hydrogen-bond acceptors (Lipinski definition) is 2. The van der Waals surface area contributed by atoms with E-state index in [-0.39, 0.29) is 0 Å². The van der Waals surface area contributed by atoms with E-state index in [2.05, 4.69) is 4.99 Å². The molecule has 0 aromatic heterocycles. The molecule has 0 radical (unpaired) electrons. The highest BCUT2D eigenvalue weighted by Gasteiger charge is 2.27. The van der Waals surface area contributed by atoms with Crippen molar-refractivity contribution >= 4 is 12.1 Å². The summed E-state index contributed by atoms with van der Waals surface area (Å²) in [6.07, 6.45) is 5.90. The highest BCUT2D eigenvalue weighted by Crippen LogP contribution is 2.18. The van der Waals surface area contributed by atoms with Crippen molar-refractivity contribution in [3.05, 3.63) is 0 Å². The van der Waals surface area contributed by atoms with Crippen molar-refractivity contribution in [1.82, 2.24) is 4.90 Å². The zero-order chi connectivity index (χ0) is 8.39. The Morgan fingerprint density at radius 1 is 1.58 bits per heavy atom. The maximum atomic E-state index is 11.3. The standard InChI is InChI=1S/C9H14N2O/c12-9-4-2-6-11(9)8-3-1-5-10-7-8/h5,8H,1-4,6-7H2/t8-/m0/s1. The Hall–Kier alpha value is -0.860. The molecule has 0 N–H and O–H groups in total. The second-order valence-corrected chi connectivity index (χ2v) is 3.47. The summed E-state index contributed by atoms with van der Waals surface area (Å²) in [6, 6.07) is 0.407. The second-order valence-electron chi connectivity index (χ2n) is 3.47. The molecule has 2 aliphatic heterocycles. The van der Waals surface area contributed by atoms with Crippen LogP contribution in [0.25, 0.3) is 0 Å². The summed E-state index contributed by atoms with van der Waals surface area (Å²) in [5, 5.41) is 0. The van der Waals surface area contributed by atoms with E-state index >= 15 is 0 Å². The Kier molecular flexibility index (Phi) is 2.11. The largest absolute Gasteiger partial charge is 0.338 e. The van der Waals surface area contributed by atoms with Gasteiger partial charge in [0, 0.05) is 13.0 Å². The summed E-state index contributed by atoms with van der Waals surface area (Å²) < 4.78 is 0. The second kappa shape index (κ2) is 3.25. The number of carbonyl (C=O) groups is 1. The first-order valence-electron chi connectivity index (χ1n) is 4.65. The van der Waals surface area contributed by atoms with Crippen LogP contribution >= 0.6 is 0 Å². The molecule has 1 fully saturated rings. The average molecular weight is 166 g/mol. The summed E-state index contributed by atoms with van der Waals surface area (Å²) in [6.45, 7) is 1.78. The van der Waals surface area contributed by atoms with Crippen molar-refractivity contribution in [1.29, 1.82) is 0 Å². The maximum absolute atomic E-state index is 11.3. The molecule has 12 heavy (non-hydrogen) atoms. The van der Waals surface area contributed by atoms with Gasteiger partial charge in [-0.05, 0) is 25.5 Å². The van der Waals surface area contributed by atoms with Crippen LogP contribution in [0, 0.1) is 0 Å². The van der Waals surface area contributed by atoms with Crippen LogP contribution < -0.4 is 0 Å². The molecule has 1 atom stereocenters. The zero-order valence-corrected chi connectivity index (χ0v) is 7.20. The minimum atomic E-state index is 0.331. The van der Waals surface area contributed by atoms with Crippen molar-refractivity contribution in [3.8, 4) is 0 Å². The molecule has 0 aromatic rings. The fourth-order valence-corrected chi connectivity index (χ4v) is 1.96. The third kappa shape index (κ3) is 1.36. The average Bonchev–Trinajstić information content (AvgIpc) is 2.53. The predicted molar refractivity (Wildman–Crippen MR) is 47.3 cm³/mol. The van der Waals surface area contributed by atoms with E-state index in [0.717, 1.165) is 38.8 Å². The van der Waals surface area contributed by atoms with Gasteiger partial charge in [-0.1, -0.05) is 0 Å². The Bertz CT molecular complexity index is 213. The first-order valence-corrected chi connectivity index (χ1v) is 4.65. The number of carbonyl (C=O) groups excluding carboxylic acids is 1. The number of nitrogens with zero attached hydrogens (tertiary/aromatic N) is 2. The number of rotatable bonds is 1. The monoisotopic (exact) mass is 166 g/mol.